The molecule has 0 radical (unpaired) electrons. The minimum Gasteiger partial charge on any atom is -0.349 e. The molecule has 1 rings (SSSR count). The summed E-state index contributed by atoms with van der Waals surface area (Å²) in [7, 11) is 3.65. The van der Waals surface area contributed by atoms with Crippen LogP contribution >= 0.6 is 0 Å². The van der Waals surface area contributed by atoms with E-state index in [-0.39, 0.29) is 11.4 Å². The molecular weight excluding hydrogens is 238 g/mol. The first-order valence-corrected chi connectivity index (χ1v) is 7.45. The molecule has 112 valence electrons. The van der Waals surface area contributed by atoms with Gasteiger partial charge in [-0.2, -0.15) is 0 Å². The van der Waals surface area contributed by atoms with Gasteiger partial charge in [0.25, 0.3) is 0 Å². The van der Waals surface area contributed by atoms with Crippen molar-refractivity contribution in [3.8, 4) is 0 Å². The Hall–Kier alpha value is -0.610. The van der Waals surface area contributed by atoms with E-state index in [0.717, 1.165) is 32.1 Å². The van der Waals surface area contributed by atoms with Crippen molar-refractivity contribution in [2.24, 2.45) is 5.92 Å². The Balaban J connectivity index is 2.17. The van der Waals surface area contributed by atoms with Gasteiger partial charge in [-0.3, -0.25) is 4.79 Å². The molecule has 1 aliphatic heterocycles. The molecule has 1 saturated heterocycles. The van der Waals surface area contributed by atoms with Crippen LogP contribution in [0.25, 0.3) is 0 Å². The van der Waals surface area contributed by atoms with E-state index in [1.54, 1.807) is 4.90 Å². The van der Waals surface area contributed by atoms with E-state index in [1.165, 1.54) is 12.8 Å². The summed E-state index contributed by atoms with van der Waals surface area (Å²) in [6, 6.07) is 0. The molecule has 0 aromatic heterocycles. The monoisotopic (exact) mass is 269 g/mol. The van der Waals surface area contributed by atoms with Crippen molar-refractivity contribution in [3.63, 3.8) is 0 Å². The van der Waals surface area contributed by atoms with Crippen molar-refractivity contribution < 1.29 is 4.79 Å². The molecule has 4 heteroatoms. The highest BCUT2D eigenvalue weighted by Crippen LogP contribution is 2.17. The van der Waals surface area contributed by atoms with Gasteiger partial charge in [-0.1, -0.05) is 0 Å². The summed E-state index contributed by atoms with van der Waals surface area (Å²) in [5.41, 5.74) is 0.218. The van der Waals surface area contributed by atoms with Crippen LogP contribution < -0.4 is 5.32 Å². The number of nitrogens with zero attached hydrogens (tertiary/aromatic N) is 2. The van der Waals surface area contributed by atoms with Crippen molar-refractivity contribution >= 4 is 5.91 Å². The molecule has 1 fully saturated rings. The second-order valence-corrected chi connectivity index (χ2v) is 6.95. The molecule has 0 saturated carbocycles. The standard InChI is InChI=1S/C15H31N3O/c1-15(2,3)16-12-13-6-9-18(10-7-13)11-8-14(19)17(4)5/h13,16H,6-12H2,1-5H3. The lowest BCUT2D eigenvalue weighted by Crippen LogP contribution is -2.43. The molecule has 0 aromatic rings. The SMILES string of the molecule is CN(C)C(=O)CCN1CCC(CNC(C)(C)C)CC1. The van der Waals surface area contributed by atoms with Gasteiger partial charge in [-0.25, -0.2) is 0 Å². The number of piperidine rings is 1. The highest BCUT2D eigenvalue weighted by atomic mass is 16.2. The first-order valence-electron chi connectivity index (χ1n) is 7.45. The fraction of sp³-hybridized carbons (Fsp3) is 0.933. The quantitative estimate of drug-likeness (QED) is 0.823. The van der Waals surface area contributed by atoms with Crippen molar-refractivity contribution in [1.29, 1.82) is 0 Å². The summed E-state index contributed by atoms with van der Waals surface area (Å²) in [4.78, 5) is 15.7. The molecule has 19 heavy (non-hydrogen) atoms. The molecule has 0 bridgehead atoms. The fourth-order valence-electron chi connectivity index (χ4n) is 2.34. The number of hydrogen-bond acceptors (Lipinski definition) is 3. The molecule has 0 spiro atoms. The minimum atomic E-state index is 0.218. The van der Waals surface area contributed by atoms with E-state index in [0.29, 0.717) is 6.42 Å². The number of amides is 1. The van der Waals surface area contributed by atoms with Crippen LogP contribution in [0.15, 0.2) is 0 Å². The Bertz CT molecular complexity index is 276. The highest BCUT2D eigenvalue weighted by Gasteiger charge is 2.21. The maximum Gasteiger partial charge on any atom is 0.223 e. The van der Waals surface area contributed by atoms with E-state index in [9.17, 15) is 4.79 Å². The molecule has 1 amide bonds. The molecule has 0 aromatic carbocycles. The lowest BCUT2D eigenvalue weighted by Gasteiger charge is -2.33. The van der Waals surface area contributed by atoms with Crippen LogP contribution in [0.4, 0.5) is 0 Å². The van der Waals surface area contributed by atoms with E-state index in [4.69, 9.17) is 0 Å². The first-order chi connectivity index (χ1) is 8.78. The maximum absolute atomic E-state index is 11.6. The third-order valence-electron chi connectivity index (χ3n) is 3.77. The van der Waals surface area contributed by atoms with Crippen molar-refractivity contribution in [1.82, 2.24) is 15.1 Å². The number of hydrogen-bond donors (Lipinski definition) is 1. The average molecular weight is 269 g/mol. The summed E-state index contributed by atoms with van der Waals surface area (Å²) in [5, 5.41) is 3.59. The van der Waals surface area contributed by atoms with Gasteiger partial charge in [0.2, 0.25) is 5.91 Å². The molecule has 1 heterocycles. The molecule has 1 N–H and O–H groups in total. The molecule has 1 aliphatic rings. The van der Waals surface area contributed by atoms with Crippen LogP contribution in [-0.2, 0) is 4.79 Å². The summed E-state index contributed by atoms with van der Waals surface area (Å²) >= 11 is 0. The second-order valence-electron chi connectivity index (χ2n) is 6.95. The van der Waals surface area contributed by atoms with Gasteiger partial charge in [-0.05, 0) is 59.2 Å². The largest absolute Gasteiger partial charge is 0.349 e. The smallest absolute Gasteiger partial charge is 0.223 e. The number of rotatable bonds is 5. The summed E-state index contributed by atoms with van der Waals surface area (Å²) in [5.74, 6) is 1.02. The Morgan fingerprint density at radius 2 is 1.84 bits per heavy atom. The second kappa shape index (κ2) is 7.25. The third-order valence-corrected chi connectivity index (χ3v) is 3.77. The van der Waals surface area contributed by atoms with Crippen LogP contribution in [-0.4, -0.2) is 61.5 Å². The minimum absolute atomic E-state index is 0.218. The Labute approximate surface area is 118 Å². The normalized spacial score (nSPS) is 18.6. The zero-order chi connectivity index (χ0) is 14.5. The maximum atomic E-state index is 11.6. The fourth-order valence-corrected chi connectivity index (χ4v) is 2.34. The third kappa shape index (κ3) is 6.92. The first kappa shape index (κ1) is 16.4. The predicted octanol–water partition coefficient (Wildman–Crippen LogP) is 1.56. The molecule has 0 aliphatic carbocycles. The molecule has 0 unspecified atom stereocenters. The molecule has 0 atom stereocenters. The van der Waals surface area contributed by atoms with E-state index >= 15 is 0 Å². The van der Waals surface area contributed by atoms with Crippen molar-refractivity contribution in [2.45, 2.75) is 45.6 Å². The predicted molar refractivity (Wildman–Crippen MR) is 80.2 cm³/mol. The van der Waals surface area contributed by atoms with Gasteiger partial charge in [0.15, 0.2) is 0 Å². The van der Waals surface area contributed by atoms with Crippen LogP contribution in [0.1, 0.15) is 40.0 Å². The van der Waals surface area contributed by atoms with E-state index < -0.39 is 0 Å². The van der Waals surface area contributed by atoms with Gasteiger partial charge in [0.1, 0.15) is 0 Å². The molecule has 4 nitrogen and oxygen atoms in total. The number of carbonyl (C=O) groups excluding carboxylic acids is 1. The number of carbonyl (C=O) groups is 1. The van der Waals surface area contributed by atoms with Gasteiger partial charge in [0.05, 0.1) is 0 Å². The number of likely N-dealkylation sites (tertiary alicyclic amines) is 1. The average Bonchev–Trinajstić information content (AvgIpc) is 2.33. The van der Waals surface area contributed by atoms with Gasteiger partial charge in [-0.15, -0.1) is 0 Å². The van der Waals surface area contributed by atoms with Crippen LogP contribution in [0, 0.1) is 5.92 Å². The Kier molecular flexibility index (Phi) is 6.27. The van der Waals surface area contributed by atoms with Crippen molar-refractivity contribution in [3.05, 3.63) is 0 Å². The Morgan fingerprint density at radius 1 is 1.26 bits per heavy atom. The van der Waals surface area contributed by atoms with Crippen LogP contribution in [0.3, 0.4) is 0 Å². The van der Waals surface area contributed by atoms with E-state index in [2.05, 4.69) is 31.0 Å². The lowest BCUT2D eigenvalue weighted by atomic mass is 9.95. The van der Waals surface area contributed by atoms with Crippen LogP contribution in [0.5, 0.6) is 0 Å². The Morgan fingerprint density at radius 3 is 2.32 bits per heavy atom. The summed E-state index contributed by atoms with van der Waals surface area (Å²) in [6.07, 6.45) is 3.15. The van der Waals surface area contributed by atoms with Gasteiger partial charge in [0, 0.05) is 32.6 Å². The van der Waals surface area contributed by atoms with Crippen LogP contribution in [0.2, 0.25) is 0 Å². The zero-order valence-corrected chi connectivity index (χ0v) is 13.3. The summed E-state index contributed by atoms with van der Waals surface area (Å²) in [6.45, 7) is 11.0. The van der Waals surface area contributed by atoms with Gasteiger partial charge < -0.3 is 15.1 Å². The zero-order valence-electron chi connectivity index (χ0n) is 13.3. The van der Waals surface area contributed by atoms with E-state index in [1.807, 2.05) is 14.1 Å². The van der Waals surface area contributed by atoms with Gasteiger partial charge >= 0.3 is 0 Å². The number of nitrogens with one attached hydrogen (secondary N) is 1. The summed E-state index contributed by atoms with van der Waals surface area (Å²) < 4.78 is 0. The topological polar surface area (TPSA) is 35.6 Å². The molecular formula is C15H31N3O. The highest BCUT2D eigenvalue weighted by molar-refractivity contribution is 5.75. The lowest BCUT2D eigenvalue weighted by molar-refractivity contribution is -0.129. The van der Waals surface area contributed by atoms with Crippen molar-refractivity contribution in [2.75, 3.05) is 40.3 Å².